The van der Waals surface area contributed by atoms with E-state index in [9.17, 15) is 0 Å². The van der Waals surface area contributed by atoms with Crippen LogP contribution in [0.15, 0.2) is 24.3 Å². The Balaban J connectivity index is 1.53. The molecule has 1 saturated carbocycles. The van der Waals surface area contributed by atoms with E-state index in [1.807, 2.05) is 24.3 Å². The van der Waals surface area contributed by atoms with Crippen LogP contribution in [-0.4, -0.2) is 19.8 Å². The van der Waals surface area contributed by atoms with Crippen LogP contribution in [0.25, 0.3) is 0 Å². The average Bonchev–Trinajstić information content (AvgIpc) is 2.96. The molecule has 19 heavy (non-hydrogen) atoms. The van der Waals surface area contributed by atoms with Gasteiger partial charge in [-0.3, -0.25) is 0 Å². The third-order valence-electron chi connectivity index (χ3n) is 3.66. The Kier molecular flexibility index (Phi) is 6.18. The van der Waals surface area contributed by atoms with Crippen molar-refractivity contribution in [1.82, 2.24) is 0 Å². The highest BCUT2D eigenvalue weighted by molar-refractivity contribution is 5.28. The molecule has 3 heteroatoms. The van der Waals surface area contributed by atoms with E-state index < -0.39 is 0 Å². The Morgan fingerprint density at radius 1 is 1.16 bits per heavy atom. The lowest BCUT2D eigenvalue weighted by Gasteiger charge is -2.10. The van der Waals surface area contributed by atoms with Crippen molar-refractivity contribution in [1.29, 1.82) is 0 Å². The van der Waals surface area contributed by atoms with Crippen LogP contribution >= 0.6 is 0 Å². The van der Waals surface area contributed by atoms with E-state index in [1.165, 1.54) is 25.7 Å². The number of ether oxygens (including phenoxy) is 2. The van der Waals surface area contributed by atoms with Crippen LogP contribution in [0, 0.1) is 5.92 Å². The second kappa shape index (κ2) is 8.18. The van der Waals surface area contributed by atoms with Gasteiger partial charge in [0.25, 0.3) is 0 Å². The number of nitrogens with two attached hydrogens (primary N) is 1. The number of hydrogen-bond donors (Lipinski definition) is 1. The maximum atomic E-state index is 5.70. The van der Waals surface area contributed by atoms with Gasteiger partial charge in [-0.1, -0.05) is 25.0 Å². The van der Waals surface area contributed by atoms with Crippen molar-refractivity contribution in [3.8, 4) is 5.75 Å². The van der Waals surface area contributed by atoms with Crippen LogP contribution in [0.1, 0.15) is 37.7 Å². The molecule has 0 unspecified atom stereocenters. The summed E-state index contributed by atoms with van der Waals surface area (Å²) in [4.78, 5) is 0. The number of rotatable bonds is 8. The summed E-state index contributed by atoms with van der Waals surface area (Å²) < 4.78 is 11.4. The van der Waals surface area contributed by atoms with Gasteiger partial charge in [0.1, 0.15) is 5.75 Å². The van der Waals surface area contributed by atoms with Gasteiger partial charge in [0.05, 0.1) is 6.61 Å². The summed E-state index contributed by atoms with van der Waals surface area (Å²) in [7, 11) is 0. The van der Waals surface area contributed by atoms with Gasteiger partial charge in [-0.15, -0.1) is 0 Å². The van der Waals surface area contributed by atoms with Crippen molar-refractivity contribution >= 4 is 0 Å². The van der Waals surface area contributed by atoms with E-state index in [0.717, 1.165) is 36.9 Å². The molecule has 1 aliphatic rings. The Morgan fingerprint density at radius 3 is 2.79 bits per heavy atom. The van der Waals surface area contributed by atoms with Gasteiger partial charge < -0.3 is 15.2 Å². The second-order valence-corrected chi connectivity index (χ2v) is 5.28. The van der Waals surface area contributed by atoms with E-state index in [4.69, 9.17) is 15.2 Å². The summed E-state index contributed by atoms with van der Waals surface area (Å²) >= 11 is 0. The predicted octanol–water partition coefficient (Wildman–Crippen LogP) is 3.12. The maximum Gasteiger partial charge on any atom is 0.119 e. The van der Waals surface area contributed by atoms with E-state index in [0.29, 0.717) is 13.2 Å². The quantitative estimate of drug-likeness (QED) is 0.733. The van der Waals surface area contributed by atoms with Crippen molar-refractivity contribution in [2.75, 3.05) is 19.8 Å². The van der Waals surface area contributed by atoms with Gasteiger partial charge in [0.2, 0.25) is 0 Å². The first-order valence-corrected chi connectivity index (χ1v) is 7.38. The highest BCUT2D eigenvalue weighted by atomic mass is 16.5. The van der Waals surface area contributed by atoms with Crippen molar-refractivity contribution in [3.05, 3.63) is 29.8 Å². The first-order valence-electron chi connectivity index (χ1n) is 7.38. The summed E-state index contributed by atoms with van der Waals surface area (Å²) in [5.74, 6) is 1.71. The molecule has 0 amide bonds. The maximum absolute atomic E-state index is 5.70. The summed E-state index contributed by atoms with van der Waals surface area (Å²) in [5.41, 5.74) is 6.70. The Bertz CT molecular complexity index is 362. The van der Waals surface area contributed by atoms with Crippen LogP contribution in [0.4, 0.5) is 0 Å². The van der Waals surface area contributed by atoms with Gasteiger partial charge in [-0.2, -0.15) is 0 Å². The van der Waals surface area contributed by atoms with Crippen LogP contribution in [0.5, 0.6) is 5.75 Å². The molecular weight excluding hydrogens is 238 g/mol. The molecule has 0 heterocycles. The van der Waals surface area contributed by atoms with Crippen molar-refractivity contribution < 1.29 is 9.47 Å². The lowest BCUT2D eigenvalue weighted by molar-refractivity contribution is 0.0906. The average molecular weight is 263 g/mol. The van der Waals surface area contributed by atoms with Crippen LogP contribution in [0.2, 0.25) is 0 Å². The molecule has 1 aromatic carbocycles. The number of hydrogen-bond acceptors (Lipinski definition) is 3. The summed E-state index contributed by atoms with van der Waals surface area (Å²) in [6.07, 6.45) is 6.41. The lowest BCUT2D eigenvalue weighted by Crippen LogP contribution is -2.09. The molecule has 2 rings (SSSR count). The molecule has 1 fully saturated rings. The van der Waals surface area contributed by atoms with Crippen LogP contribution in [0.3, 0.4) is 0 Å². The molecule has 0 radical (unpaired) electrons. The first-order chi connectivity index (χ1) is 9.38. The van der Waals surface area contributed by atoms with Gasteiger partial charge in [-0.05, 0) is 36.5 Å². The molecule has 0 bridgehead atoms. The number of benzene rings is 1. The fourth-order valence-electron chi connectivity index (χ4n) is 2.54. The van der Waals surface area contributed by atoms with Gasteiger partial charge >= 0.3 is 0 Å². The fraction of sp³-hybridized carbons (Fsp3) is 0.625. The van der Waals surface area contributed by atoms with E-state index in [2.05, 4.69) is 0 Å². The molecule has 0 aliphatic heterocycles. The zero-order valence-corrected chi connectivity index (χ0v) is 11.6. The zero-order chi connectivity index (χ0) is 13.3. The van der Waals surface area contributed by atoms with E-state index in [-0.39, 0.29) is 0 Å². The zero-order valence-electron chi connectivity index (χ0n) is 11.6. The Morgan fingerprint density at radius 2 is 2.00 bits per heavy atom. The van der Waals surface area contributed by atoms with Crippen LogP contribution < -0.4 is 10.5 Å². The molecule has 0 aromatic heterocycles. The van der Waals surface area contributed by atoms with Gasteiger partial charge in [0, 0.05) is 26.2 Å². The lowest BCUT2D eigenvalue weighted by atomic mass is 10.1. The highest BCUT2D eigenvalue weighted by Gasteiger charge is 2.14. The minimum absolute atomic E-state index is 0.557. The highest BCUT2D eigenvalue weighted by Crippen LogP contribution is 2.24. The molecule has 0 saturated heterocycles. The molecule has 106 valence electrons. The Labute approximate surface area is 116 Å². The topological polar surface area (TPSA) is 44.5 Å². The minimum Gasteiger partial charge on any atom is -0.493 e. The second-order valence-electron chi connectivity index (χ2n) is 5.28. The van der Waals surface area contributed by atoms with E-state index >= 15 is 0 Å². The van der Waals surface area contributed by atoms with Crippen molar-refractivity contribution in [2.45, 2.75) is 38.6 Å². The van der Waals surface area contributed by atoms with Gasteiger partial charge in [-0.25, -0.2) is 0 Å². The normalized spacial score (nSPS) is 15.8. The molecule has 1 aliphatic carbocycles. The third-order valence-corrected chi connectivity index (χ3v) is 3.66. The van der Waals surface area contributed by atoms with Gasteiger partial charge in [0.15, 0.2) is 0 Å². The smallest absolute Gasteiger partial charge is 0.119 e. The minimum atomic E-state index is 0.557. The van der Waals surface area contributed by atoms with Crippen molar-refractivity contribution in [2.24, 2.45) is 11.7 Å². The molecule has 0 atom stereocenters. The van der Waals surface area contributed by atoms with E-state index in [1.54, 1.807) is 0 Å². The standard InChI is InChI=1S/C16H25NO2/c17-12-15-7-3-8-16(11-15)19-10-4-9-18-13-14-5-1-2-6-14/h3,7-8,11,14H,1-2,4-6,9-10,12-13,17H2. The summed E-state index contributed by atoms with van der Waals surface area (Å²) in [6.45, 7) is 3.00. The molecule has 2 N–H and O–H groups in total. The van der Waals surface area contributed by atoms with Crippen LogP contribution in [-0.2, 0) is 11.3 Å². The fourth-order valence-corrected chi connectivity index (χ4v) is 2.54. The third kappa shape index (κ3) is 5.21. The van der Waals surface area contributed by atoms with Crippen molar-refractivity contribution in [3.63, 3.8) is 0 Å². The SMILES string of the molecule is NCc1cccc(OCCCOCC2CCCC2)c1. The largest absolute Gasteiger partial charge is 0.493 e. The Hall–Kier alpha value is -1.06. The molecular formula is C16H25NO2. The first kappa shape index (κ1) is 14.4. The molecule has 3 nitrogen and oxygen atoms in total. The molecule has 0 spiro atoms. The monoisotopic (exact) mass is 263 g/mol. The summed E-state index contributed by atoms with van der Waals surface area (Å²) in [5, 5.41) is 0. The summed E-state index contributed by atoms with van der Waals surface area (Å²) in [6, 6.07) is 7.96. The predicted molar refractivity (Wildman–Crippen MR) is 77.2 cm³/mol. The molecule has 1 aromatic rings.